The molecule has 35 heavy (non-hydrogen) atoms. The summed E-state index contributed by atoms with van der Waals surface area (Å²) in [5.74, 6) is 1.72. The molecule has 6 rings (SSSR count). The van der Waals surface area contributed by atoms with E-state index in [2.05, 4.69) is 30.1 Å². The number of fused-ring (bicyclic) bond motifs is 6. The Morgan fingerprint density at radius 1 is 1.11 bits per heavy atom. The van der Waals surface area contributed by atoms with Gasteiger partial charge >= 0.3 is 6.09 Å². The molecule has 0 radical (unpaired) electrons. The average Bonchev–Trinajstić information content (AvgIpc) is 3.40. The molecule has 2 aromatic carbocycles. The third kappa shape index (κ3) is 3.88. The molecule has 6 nitrogen and oxygen atoms in total. The number of amides is 1. The number of nitrogens with zero attached hydrogens (tertiary/aromatic N) is 2. The molecule has 1 aromatic heterocycles. The normalized spacial score (nSPS) is 20.4. The SMILES string of the molecule is CC1CCC(c2nc3c([nH]2)CCc2cc4c(cc2-3)OCc2cc(Cl)ccc2-4)N1C(=O)OC(C)(C)C. The van der Waals surface area contributed by atoms with Gasteiger partial charge in [-0.3, -0.25) is 4.90 Å². The minimum absolute atomic E-state index is 0.109. The highest BCUT2D eigenvalue weighted by Crippen LogP contribution is 2.45. The standard InChI is InChI=1S/C28H30ClN3O3/c1-15-5-10-23(32(15)27(33)35-28(2,3)4)26-30-22-9-6-16-12-21-19-8-7-18(29)11-17(19)14-34-24(21)13-20(16)25(22)31-26/h7-8,11-13,15,23H,5-6,9-10,14H2,1-4H3,(H,30,31). The fourth-order valence-electron chi connectivity index (χ4n) is 5.61. The Bertz CT molecular complexity index is 1340. The number of aromatic nitrogens is 2. The highest BCUT2D eigenvalue weighted by molar-refractivity contribution is 6.30. The molecule has 1 saturated heterocycles. The van der Waals surface area contributed by atoms with Crippen LogP contribution < -0.4 is 4.74 Å². The minimum atomic E-state index is -0.533. The van der Waals surface area contributed by atoms with E-state index < -0.39 is 5.60 Å². The monoisotopic (exact) mass is 491 g/mol. The van der Waals surface area contributed by atoms with Crippen LogP contribution in [0.1, 0.15) is 69.2 Å². The largest absolute Gasteiger partial charge is 0.488 e. The second kappa shape index (κ2) is 8.02. The zero-order valence-corrected chi connectivity index (χ0v) is 21.3. The van der Waals surface area contributed by atoms with E-state index in [9.17, 15) is 4.79 Å². The molecular formula is C28H30ClN3O3. The fourth-order valence-corrected chi connectivity index (χ4v) is 5.80. The number of aryl methyl sites for hydroxylation is 2. The Morgan fingerprint density at radius 2 is 1.94 bits per heavy atom. The number of carbonyl (C=O) groups excluding carboxylic acids is 1. The molecule has 2 atom stereocenters. The van der Waals surface area contributed by atoms with Gasteiger partial charge < -0.3 is 14.5 Å². The molecule has 0 saturated carbocycles. The van der Waals surface area contributed by atoms with Gasteiger partial charge in [-0.25, -0.2) is 9.78 Å². The van der Waals surface area contributed by atoms with Crippen molar-refractivity contribution in [3.05, 3.63) is 58.0 Å². The van der Waals surface area contributed by atoms with Crippen LogP contribution in [0.2, 0.25) is 5.02 Å². The maximum absolute atomic E-state index is 13.0. The number of carbonyl (C=O) groups is 1. The number of imidazole rings is 1. The van der Waals surface area contributed by atoms with Gasteiger partial charge in [-0.2, -0.15) is 0 Å². The minimum Gasteiger partial charge on any atom is -0.488 e. The molecule has 2 aliphatic heterocycles. The van der Waals surface area contributed by atoms with Crippen LogP contribution in [0.5, 0.6) is 5.75 Å². The van der Waals surface area contributed by atoms with E-state index in [4.69, 9.17) is 26.1 Å². The Morgan fingerprint density at radius 3 is 2.74 bits per heavy atom. The van der Waals surface area contributed by atoms with Crippen molar-refractivity contribution in [3.8, 4) is 28.1 Å². The summed E-state index contributed by atoms with van der Waals surface area (Å²) in [5.41, 5.74) is 7.35. The highest BCUT2D eigenvalue weighted by Gasteiger charge is 2.40. The number of rotatable bonds is 1. The van der Waals surface area contributed by atoms with Gasteiger partial charge in [-0.05, 0) is 94.3 Å². The molecule has 1 fully saturated rings. The number of hydrogen-bond donors (Lipinski definition) is 1. The second-order valence-corrected chi connectivity index (χ2v) is 11.3. The van der Waals surface area contributed by atoms with Gasteiger partial charge in [-0.1, -0.05) is 17.7 Å². The van der Waals surface area contributed by atoms with Crippen molar-refractivity contribution < 1.29 is 14.3 Å². The molecule has 0 spiro atoms. The van der Waals surface area contributed by atoms with E-state index in [0.717, 1.165) is 70.4 Å². The molecule has 1 aliphatic carbocycles. The van der Waals surface area contributed by atoms with Crippen LogP contribution in [0, 0.1) is 0 Å². The summed E-state index contributed by atoms with van der Waals surface area (Å²) in [5, 5.41) is 0.726. The summed E-state index contributed by atoms with van der Waals surface area (Å²) < 4.78 is 11.9. The summed E-state index contributed by atoms with van der Waals surface area (Å²) in [4.78, 5) is 23.5. The lowest BCUT2D eigenvalue weighted by molar-refractivity contribution is 0.0151. The number of halogens is 1. The summed E-state index contributed by atoms with van der Waals surface area (Å²) in [7, 11) is 0. The summed E-state index contributed by atoms with van der Waals surface area (Å²) in [6.07, 6.45) is 3.33. The first-order valence-electron chi connectivity index (χ1n) is 12.4. The van der Waals surface area contributed by atoms with Gasteiger partial charge in [0.1, 0.15) is 23.8 Å². The average molecular weight is 492 g/mol. The maximum Gasteiger partial charge on any atom is 0.411 e. The third-order valence-corrected chi connectivity index (χ3v) is 7.47. The maximum atomic E-state index is 13.0. The smallest absolute Gasteiger partial charge is 0.411 e. The van der Waals surface area contributed by atoms with E-state index in [1.54, 1.807) is 0 Å². The fraction of sp³-hybridized carbons (Fsp3) is 0.429. The van der Waals surface area contributed by atoms with Gasteiger partial charge in [0.15, 0.2) is 0 Å². The molecule has 3 aliphatic rings. The van der Waals surface area contributed by atoms with Crippen molar-refractivity contribution in [2.75, 3.05) is 0 Å². The lowest BCUT2D eigenvalue weighted by Gasteiger charge is -2.30. The predicted molar refractivity (Wildman–Crippen MR) is 136 cm³/mol. The molecule has 3 aromatic rings. The van der Waals surface area contributed by atoms with Gasteiger partial charge in [0.25, 0.3) is 0 Å². The molecule has 1 amide bonds. The van der Waals surface area contributed by atoms with Crippen molar-refractivity contribution in [3.63, 3.8) is 0 Å². The van der Waals surface area contributed by atoms with Gasteiger partial charge in [0.05, 0.1) is 11.7 Å². The molecule has 182 valence electrons. The first kappa shape index (κ1) is 22.5. The van der Waals surface area contributed by atoms with E-state index in [1.807, 2.05) is 37.8 Å². The number of likely N-dealkylation sites (tertiary alicyclic amines) is 1. The zero-order valence-electron chi connectivity index (χ0n) is 20.6. The van der Waals surface area contributed by atoms with Crippen molar-refractivity contribution in [2.45, 2.75) is 77.7 Å². The highest BCUT2D eigenvalue weighted by atomic mass is 35.5. The Hall–Kier alpha value is -2.99. The summed E-state index contributed by atoms with van der Waals surface area (Å²) in [6.45, 7) is 8.29. The third-order valence-electron chi connectivity index (χ3n) is 7.23. The number of nitrogens with one attached hydrogen (secondary N) is 1. The van der Waals surface area contributed by atoms with Crippen LogP contribution >= 0.6 is 11.6 Å². The van der Waals surface area contributed by atoms with E-state index in [1.165, 1.54) is 11.1 Å². The van der Waals surface area contributed by atoms with Crippen molar-refractivity contribution in [1.82, 2.24) is 14.9 Å². The van der Waals surface area contributed by atoms with E-state index in [0.29, 0.717) is 6.61 Å². The first-order chi connectivity index (χ1) is 16.7. The number of hydrogen-bond acceptors (Lipinski definition) is 4. The molecular weight excluding hydrogens is 462 g/mol. The number of aromatic amines is 1. The van der Waals surface area contributed by atoms with Gasteiger partial charge in [0, 0.05) is 27.9 Å². The van der Waals surface area contributed by atoms with Crippen LogP contribution in [0.15, 0.2) is 30.3 Å². The molecule has 1 N–H and O–H groups in total. The Kier molecular flexibility index (Phi) is 5.15. The quantitative estimate of drug-likeness (QED) is 0.404. The predicted octanol–water partition coefficient (Wildman–Crippen LogP) is 6.85. The van der Waals surface area contributed by atoms with Crippen LogP contribution in [-0.2, 0) is 24.2 Å². The van der Waals surface area contributed by atoms with Crippen LogP contribution in [0.25, 0.3) is 22.4 Å². The van der Waals surface area contributed by atoms with Crippen molar-refractivity contribution in [1.29, 1.82) is 0 Å². The topological polar surface area (TPSA) is 67.5 Å². The van der Waals surface area contributed by atoms with Crippen molar-refractivity contribution >= 4 is 17.7 Å². The molecule has 3 heterocycles. The summed E-state index contributed by atoms with van der Waals surface area (Å²) >= 11 is 6.20. The molecule has 7 heteroatoms. The number of H-pyrrole nitrogens is 1. The van der Waals surface area contributed by atoms with E-state index >= 15 is 0 Å². The lowest BCUT2D eigenvalue weighted by Crippen LogP contribution is -2.40. The van der Waals surface area contributed by atoms with Crippen LogP contribution in [0.4, 0.5) is 4.79 Å². The van der Waals surface area contributed by atoms with Crippen LogP contribution in [0.3, 0.4) is 0 Å². The zero-order chi connectivity index (χ0) is 24.5. The van der Waals surface area contributed by atoms with Crippen molar-refractivity contribution in [2.24, 2.45) is 0 Å². The van der Waals surface area contributed by atoms with Crippen LogP contribution in [-0.4, -0.2) is 32.6 Å². The number of benzene rings is 2. The Balaban J connectivity index is 1.36. The summed E-state index contributed by atoms with van der Waals surface area (Å²) in [6, 6.07) is 10.4. The second-order valence-electron chi connectivity index (χ2n) is 10.9. The Labute approximate surface area is 210 Å². The number of ether oxygens (including phenoxy) is 2. The van der Waals surface area contributed by atoms with Gasteiger partial charge in [0.2, 0.25) is 0 Å². The van der Waals surface area contributed by atoms with E-state index in [-0.39, 0.29) is 18.2 Å². The first-order valence-corrected chi connectivity index (χ1v) is 12.7. The van der Waals surface area contributed by atoms with Gasteiger partial charge in [-0.15, -0.1) is 0 Å². The molecule has 2 unspecified atom stereocenters. The lowest BCUT2D eigenvalue weighted by atomic mass is 9.87. The molecule has 0 bridgehead atoms.